The van der Waals surface area contributed by atoms with Crippen LogP contribution in [0.2, 0.25) is 0 Å². The molecule has 0 bridgehead atoms. The maximum atomic E-state index is 5.69. The lowest BCUT2D eigenvalue weighted by atomic mass is 9.95. The molecule has 0 fully saturated rings. The molecule has 1 aliphatic heterocycles. The van der Waals surface area contributed by atoms with Crippen LogP contribution in [-0.4, -0.2) is 27.8 Å². The summed E-state index contributed by atoms with van der Waals surface area (Å²) < 4.78 is 13.5. The Balaban J connectivity index is 2.16. The van der Waals surface area contributed by atoms with E-state index in [2.05, 4.69) is 25.3 Å². The first kappa shape index (κ1) is 15.1. The van der Waals surface area contributed by atoms with Crippen molar-refractivity contribution in [1.82, 2.24) is 9.55 Å². The van der Waals surface area contributed by atoms with Crippen molar-refractivity contribution in [3.05, 3.63) is 18.0 Å². The monoisotopic (exact) mass is 319 g/mol. The van der Waals surface area contributed by atoms with Gasteiger partial charge in [-0.15, -0.1) is 0 Å². The molecule has 1 aromatic heterocycles. The van der Waals surface area contributed by atoms with Gasteiger partial charge in [0.2, 0.25) is 0 Å². The molecule has 0 radical (unpaired) electrons. The predicted molar refractivity (Wildman–Crippen MR) is 90.8 cm³/mol. The molecule has 22 heavy (non-hydrogen) atoms. The zero-order valence-corrected chi connectivity index (χ0v) is 14.0. The van der Waals surface area contributed by atoms with E-state index in [-0.39, 0.29) is 5.41 Å². The highest BCUT2D eigenvalue weighted by atomic mass is 32.1. The van der Waals surface area contributed by atoms with Gasteiger partial charge in [0.1, 0.15) is 19.0 Å². The Hall–Kier alpha value is -1.82. The maximum absolute atomic E-state index is 5.69. The van der Waals surface area contributed by atoms with Crippen LogP contribution >= 0.6 is 12.2 Å². The number of hydrogen-bond donors (Lipinski definition) is 1. The van der Waals surface area contributed by atoms with Crippen molar-refractivity contribution in [2.75, 3.05) is 13.2 Å². The topological polar surface area (TPSA) is 62.3 Å². The quantitative estimate of drug-likeness (QED) is 0.882. The summed E-state index contributed by atoms with van der Waals surface area (Å²) in [5, 5.41) is 0. The highest BCUT2D eigenvalue weighted by Gasteiger charge is 2.24. The number of benzene rings is 1. The molecule has 1 aromatic carbocycles. The first-order valence-electron chi connectivity index (χ1n) is 7.45. The molecule has 3 rings (SSSR count). The molecule has 1 aliphatic rings. The minimum absolute atomic E-state index is 0.0720. The van der Waals surface area contributed by atoms with Gasteiger partial charge in [-0.25, -0.2) is 4.98 Å². The molecule has 0 amide bonds. The van der Waals surface area contributed by atoms with Crippen molar-refractivity contribution in [1.29, 1.82) is 0 Å². The van der Waals surface area contributed by atoms with Crippen molar-refractivity contribution in [3.8, 4) is 11.5 Å². The van der Waals surface area contributed by atoms with Crippen LogP contribution in [0.15, 0.2) is 12.1 Å². The number of nitrogens with zero attached hydrogens (tertiary/aromatic N) is 2. The third kappa shape index (κ3) is 2.75. The lowest BCUT2D eigenvalue weighted by Crippen LogP contribution is -2.21. The number of aromatic nitrogens is 2. The van der Waals surface area contributed by atoms with Crippen molar-refractivity contribution in [2.24, 2.45) is 5.73 Å². The lowest BCUT2D eigenvalue weighted by Gasteiger charge is -2.20. The highest BCUT2D eigenvalue weighted by molar-refractivity contribution is 7.80. The van der Waals surface area contributed by atoms with Gasteiger partial charge in [0, 0.05) is 30.5 Å². The third-order valence-electron chi connectivity index (χ3n) is 3.66. The SMILES string of the molecule is CC(C)(C)c1nc2cc3c(cc2n1CCC(N)=S)OCCO3. The van der Waals surface area contributed by atoms with Gasteiger partial charge in [0.15, 0.2) is 11.5 Å². The van der Waals surface area contributed by atoms with Crippen LogP contribution in [0.1, 0.15) is 33.0 Å². The van der Waals surface area contributed by atoms with Crippen molar-refractivity contribution in [3.63, 3.8) is 0 Å². The lowest BCUT2D eigenvalue weighted by molar-refractivity contribution is 0.172. The normalized spacial score (nSPS) is 14.3. The Kier molecular flexibility index (Phi) is 3.72. The Bertz CT molecular complexity index is 731. The molecule has 0 aliphatic carbocycles. The fraction of sp³-hybridized carbons (Fsp3) is 0.500. The van der Waals surface area contributed by atoms with Gasteiger partial charge in [0.05, 0.1) is 16.0 Å². The fourth-order valence-electron chi connectivity index (χ4n) is 2.68. The molecule has 5 nitrogen and oxygen atoms in total. The zero-order chi connectivity index (χ0) is 15.9. The van der Waals surface area contributed by atoms with Crippen LogP contribution in [0.3, 0.4) is 0 Å². The van der Waals surface area contributed by atoms with Crippen LogP contribution in [0.4, 0.5) is 0 Å². The summed E-state index contributed by atoms with van der Waals surface area (Å²) in [6.07, 6.45) is 0.651. The molecular weight excluding hydrogens is 298 g/mol. The third-order valence-corrected chi connectivity index (χ3v) is 3.87. The average Bonchev–Trinajstić information content (AvgIpc) is 2.80. The van der Waals surface area contributed by atoms with E-state index in [1.54, 1.807) is 0 Å². The van der Waals surface area contributed by atoms with Crippen LogP contribution in [0, 0.1) is 0 Å². The minimum atomic E-state index is -0.0720. The number of imidazole rings is 1. The Labute approximate surface area is 135 Å². The summed E-state index contributed by atoms with van der Waals surface area (Å²) in [5.74, 6) is 2.55. The second-order valence-electron chi connectivity index (χ2n) is 6.54. The second-order valence-corrected chi connectivity index (χ2v) is 7.06. The summed E-state index contributed by atoms with van der Waals surface area (Å²) in [4.78, 5) is 5.33. The number of nitrogens with two attached hydrogens (primary N) is 1. The molecule has 2 aromatic rings. The number of rotatable bonds is 3. The molecule has 6 heteroatoms. The average molecular weight is 319 g/mol. The van der Waals surface area contributed by atoms with Crippen LogP contribution in [0.25, 0.3) is 11.0 Å². The molecule has 2 N–H and O–H groups in total. The van der Waals surface area contributed by atoms with E-state index in [0.29, 0.717) is 24.6 Å². The first-order chi connectivity index (χ1) is 10.4. The van der Waals surface area contributed by atoms with Crippen LogP contribution in [-0.2, 0) is 12.0 Å². The van der Waals surface area contributed by atoms with E-state index in [0.717, 1.165) is 34.9 Å². The molecule has 0 saturated carbocycles. The fourth-order valence-corrected chi connectivity index (χ4v) is 2.77. The van der Waals surface area contributed by atoms with Gasteiger partial charge >= 0.3 is 0 Å². The molecule has 0 spiro atoms. The molecule has 118 valence electrons. The Morgan fingerprint density at radius 2 is 1.91 bits per heavy atom. The van der Waals surface area contributed by atoms with Crippen molar-refractivity contribution >= 4 is 28.2 Å². The van der Waals surface area contributed by atoms with E-state index in [4.69, 9.17) is 32.4 Å². The van der Waals surface area contributed by atoms with E-state index in [1.807, 2.05) is 12.1 Å². The maximum Gasteiger partial charge on any atom is 0.163 e. The second kappa shape index (κ2) is 5.43. The largest absolute Gasteiger partial charge is 0.486 e. The molecule has 0 unspecified atom stereocenters. The predicted octanol–water partition coefficient (Wildman–Crippen LogP) is 2.78. The van der Waals surface area contributed by atoms with Crippen molar-refractivity contribution < 1.29 is 9.47 Å². The summed E-state index contributed by atoms with van der Waals surface area (Å²) >= 11 is 5.02. The Morgan fingerprint density at radius 3 is 2.50 bits per heavy atom. The van der Waals surface area contributed by atoms with Crippen LogP contribution < -0.4 is 15.2 Å². The molecular formula is C16H21N3O2S. The number of fused-ring (bicyclic) bond motifs is 2. The zero-order valence-electron chi connectivity index (χ0n) is 13.2. The first-order valence-corrected chi connectivity index (χ1v) is 7.86. The molecule has 0 saturated heterocycles. The van der Waals surface area contributed by atoms with E-state index in [9.17, 15) is 0 Å². The molecule has 0 atom stereocenters. The minimum Gasteiger partial charge on any atom is -0.486 e. The Morgan fingerprint density at radius 1 is 1.27 bits per heavy atom. The summed E-state index contributed by atoms with van der Waals surface area (Å²) in [6, 6.07) is 3.96. The van der Waals surface area contributed by atoms with Gasteiger partial charge in [-0.2, -0.15) is 0 Å². The van der Waals surface area contributed by atoms with E-state index in [1.165, 1.54) is 0 Å². The summed E-state index contributed by atoms with van der Waals surface area (Å²) in [5.41, 5.74) is 7.55. The number of aryl methyl sites for hydroxylation is 1. The standard InChI is InChI=1S/C16H21N3O2S/c1-16(2,3)15-18-10-8-12-13(21-7-6-20-12)9-11(10)19(15)5-4-14(17)22/h8-9H,4-7H2,1-3H3,(H2,17,22). The van der Waals surface area contributed by atoms with Gasteiger partial charge in [-0.05, 0) is 0 Å². The molecule has 2 heterocycles. The highest BCUT2D eigenvalue weighted by Crippen LogP contribution is 2.36. The summed E-state index contributed by atoms with van der Waals surface area (Å²) in [7, 11) is 0. The van der Waals surface area contributed by atoms with E-state index < -0.39 is 0 Å². The van der Waals surface area contributed by atoms with Crippen molar-refractivity contribution in [2.45, 2.75) is 39.2 Å². The van der Waals surface area contributed by atoms with Gasteiger partial charge in [-0.3, -0.25) is 0 Å². The number of thiocarbonyl (C=S) groups is 1. The number of hydrogen-bond acceptors (Lipinski definition) is 4. The summed E-state index contributed by atoms with van der Waals surface area (Å²) in [6.45, 7) is 8.33. The van der Waals surface area contributed by atoms with Crippen LogP contribution in [0.5, 0.6) is 11.5 Å². The van der Waals surface area contributed by atoms with Gasteiger partial charge < -0.3 is 19.8 Å². The number of ether oxygens (including phenoxy) is 2. The van der Waals surface area contributed by atoms with Gasteiger partial charge in [0.25, 0.3) is 0 Å². The smallest absolute Gasteiger partial charge is 0.163 e. The van der Waals surface area contributed by atoms with E-state index >= 15 is 0 Å². The van der Waals surface area contributed by atoms with Gasteiger partial charge in [-0.1, -0.05) is 33.0 Å².